The van der Waals surface area contributed by atoms with Gasteiger partial charge in [0.05, 0.1) is 18.8 Å². The minimum Gasteiger partial charge on any atom is -0.496 e. The van der Waals surface area contributed by atoms with Gasteiger partial charge in [-0.1, -0.05) is 24.4 Å². The largest absolute Gasteiger partial charge is 0.496 e. The highest BCUT2D eigenvalue weighted by atomic mass is 35.5. The van der Waals surface area contributed by atoms with E-state index in [1.54, 1.807) is 18.2 Å². The molecule has 0 spiro atoms. The number of ether oxygens (including phenoxy) is 1. The fourth-order valence-electron chi connectivity index (χ4n) is 2.05. The summed E-state index contributed by atoms with van der Waals surface area (Å²) in [6.07, 6.45) is 4.44. The Morgan fingerprint density at radius 1 is 1.39 bits per heavy atom. The lowest BCUT2D eigenvalue weighted by atomic mass is 10.2. The Morgan fingerprint density at radius 2 is 2.11 bits per heavy atom. The monoisotopic (exact) mass is 269 g/mol. The molecular formula is C13H16ClNO3. The van der Waals surface area contributed by atoms with E-state index in [0.717, 1.165) is 25.7 Å². The van der Waals surface area contributed by atoms with Gasteiger partial charge in [-0.05, 0) is 31.0 Å². The summed E-state index contributed by atoms with van der Waals surface area (Å²) in [6.45, 7) is 0. The number of amides is 1. The van der Waals surface area contributed by atoms with Crippen molar-refractivity contribution >= 4 is 17.5 Å². The molecule has 1 aliphatic rings. The highest BCUT2D eigenvalue weighted by Gasteiger charge is 2.18. The maximum absolute atomic E-state index is 11.9. The van der Waals surface area contributed by atoms with Crippen molar-refractivity contribution in [1.29, 1.82) is 0 Å². The normalized spacial score (nSPS) is 15.7. The number of hydrogen-bond acceptors (Lipinski definition) is 3. The van der Waals surface area contributed by atoms with E-state index in [-0.39, 0.29) is 12.0 Å². The number of hydroxylamine groups is 1. The van der Waals surface area contributed by atoms with Gasteiger partial charge in [-0.25, -0.2) is 5.48 Å². The average Bonchev–Trinajstić information content (AvgIpc) is 2.88. The molecule has 0 saturated heterocycles. The molecule has 0 bridgehead atoms. The predicted molar refractivity (Wildman–Crippen MR) is 68.8 cm³/mol. The van der Waals surface area contributed by atoms with Gasteiger partial charge in [-0.3, -0.25) is 9.63 Å². The lowest BCUT2D eigenvalue weighted by molar-refractivity contribution is -0.0126. The van der Waals surface area contributed by atoms with Crippen molar-refractivity contribution < 1.29 is 14.4 Å². The van der Waals surface area contributed by atoms with Crippen LogP contribution in [-0.4, -0.2) is 19.1 Å². The van der Waals surface area contributed by atoms with E-state index in [0.29, 0.717) is 16.3 Å². The Hall–Kier alpha value is -1.26. The van der Waals surface area contributed by atoms with Crippen molar-refractivity contribution in [1.82, 2.24) is 5.48 Å². The molecule has 1 aliphatic carbocycles. The summed E-state index contributed by atoms with van der Waals surface area (Å²) >= 11 is 5.84. The van der Waals surface area contributed by atoms with Crippen LogP contribution in [-0.2, 0) is 4.84 Å². The van der Waals surface area contributed by atoms with Crippen LogP contribution >= 0.6 is 11.6 Å². The van der Waals surface area contributed by atoms with Crippen LogP contribution in [0.2, 0.25) is 5.02 Å². The van der Waals surface area contributed by atoms with Crippen molar-refractivity contribution in [3.8, 4) is 5.75 Å². The minimum absolute atomic E-state index is 0.132. The molecule has 98 valence electrons. The van der Waals surface area contributed by atoms with Gasteiger partial charge >= 0.3 is 0 Å². The van der Waals surface area contributed by atoms with Crippen LogP contribution in [0.5, 0.6) is 5.75 Å². The lowest BCUT2D eigenvalue weighted by Gasteiger charge is -2.13. The maximum Gasteiger partial charge on any atom is 0.278 e. The standard InChI is InChI=1S/C13H16ClNO3/c1-17-12-8-9(14)6-7-11(12)13(16)15-18-10-4-2-3-5-10/h6-8,10H,2-5H2,1H3,(H,15,16). The highest BCUT2D eigenvalue weighted by molar-refractivity contribution is 6.30. The minimum atomic E-state index is -0.310. The van der Waals surface area contributed by atoms with Gasteiger partial charge in [0.1, 0.15) is 5.75 Å². The van der Waals surface area contributed by atoms with E-state index in [4.69, 9.17) is 21.2 Å². The summed E-state index contributed by atoms with van der Waals surface area (Å²) in [5.74, 6) is 0.130. The number of methoxy groups -OCH3 is 1. The van der Waals surface area contributed by atoms with Crippen LogP contribution in [0.1, 0.15) is 36.0 Å². The molecule has 1 N–H and O–H groups in total. The molecule has 2 rings (SSSR count). The van der Waals surface area contributed by atoms with Crippen molar-refractivity contribution in [2.24, 2.45) is 0 Å². The molecule has 1 aromatic carbocycles. The second kappa shape index (κ2) is 6.07. The van der Waals surface area contributed by atoms with Gasteiger partial charge < -0.3 is 4.74 Å². The number of rotatable bonds is 4. The van der Waals surface area contributed by atoms with E-state index in [1.807, 2.05) is 0 Å². The fraction of sp³-hybridized carbons (Fsp3) is 0.462. The molecule has 0 heterocycles. The first-order valence-electron chi connectivity index (χ1n) is 6.00. The molecule has 0 aromatic heterocycles. The van der Waals surface area contributed by atoms with Crippen molar-refractivity contribution in [3.05, 3.63) is 28.8 Å². The number of hydrogen-bond donors (Lipinski definition) is 1. The van der Waals surface area contributed by atoms with Crippen molar-refractivity contribution in [2.75, 3.05) is 7.11 Å². The maximum atomic E-state index is 11.9. The SMILES string of the molecule is COc1cc(Cl)ccc1C(=O)NOC1CCCC1. The highest BCUT2D eigenvalue weighted by Crippen LogP contribution is 2.24. The van der Waals surface area contributed by atoms with Crippen LogP contribution in [0.3, 0.4) is 0 Å². The molecule has 0 radical (unpaired) electrons. The summed E-state index contributed by atoms with van der Waals surface area (Å²) in [7, 11) is 1.50. The molecule has 1 saturated carbocycles. The zero-order chi connectivity index (χ0) is 13.0. The third kappa shape index (κ3) is 3.15. The van der Waals surface area contributed by atoms with E-state index in [1.165, 1.54) is 7.11 Å². The van der Waals surface area contributed by atoms with E-state index in [9.17, 15) is 4.79 Å². The Bertz CT molecular complexity index is 430. The fourth-order valence-corrected chi connectivity index (χ4v) is 2.21. The van der Waals surface area contributed by atoms with Crippen molar-refractivity contribution in [3.63, 3.8) is 0 Å². The molecule has 5 heteroatoms. The molecule has 1 aromatic rings. The first-order chi connectivity index (χ1) is 8.70. The number of carbonyl (C=O) groups excluding carboxylic acids is 1. The summed E-state index contributed by atoms with van der Waals surface area (Å²) in [6, 6.07) is 4.87. The van der Waals surface area contributed by atoms with Crippen LogP contribution in [0, 0.1) is 0 Å². The van der Waals surface area contributed by atoms with E-state index >= 15 is 0 Å². The number of benzene rings is 1. The lowest BCUT2D eigenvalue weighted by Crippen LogP contribution is -2.28. The van der Waals surface area contributed by atoms with Gasteiger partial charge in [0.15, 0.2) is 0 Å². The molecule has 1 amide bonds. The second-order valence-electron chi connectivity index (χ2n) is 4.30. The van der Waals surface area contributed by atoms with Gasteiger partial charge in [0, 0.05) is 5.02 Å². The summed E-state index contributed by atoms with van der Waals surface area (Å²) in [5, 5.41) is 0.528. The Morgan fingerprint density at radius 3 is 2.78 bits per heavy atom. The number of nitrogens with one attached hydrogen (secondary N) is 1. The van der Waals surface area contributed by atoms with Crippen LogP contribution in [0.15, 0.2) is 18.2 Å². The predicted octanol–water partition coefficient (Wildman–Crippen LogP) is 2.95. The van der Waals surface area contributed by atoms with Crippen LogP contribution in [0.25, 0.3) is 0 Å². The topological polar surface area (TPSA) is 47.6 Å². The summed E-state index contributed by atoms with van der Waals surface area (Å²) in [5.41, 5.74) is 2.89. The summed E-state index contributed by atoms with van der Waals surface area (Å²) in [4.78, 5) is 17.3. The molecule has 0 atom stereocenters. The van der Waals surface area contributed by atoms with Gasteiger partial charge in [0.2, 0.25) is 0 Å². The second-order valence-corrected chi connectivity index (χ2v) is 4.74. The zero-order valence-electron chi connectivity index (χ0n) is 10.2. The number of carbonyl (C=O) groups is 1. The Balaban J connectivity index is 1.99. The molecular weight excluding hydrogens is 254 g/mol. The van der Waals surface area contributed by atoms with Crippen LogP contribution in [0.4, 0.5) is 0 Å². The van der Waals surface area contributed by atoms with Gasteiger partial charge in [-0.2, -0.15) is 0 Å². The molecule has 0 unspecified atom stereocenters. The van der Waals surface area contributed by atoms with E-state index < -0.39 is 0 Å². The Labute approximate surface area is 111 Å². The molecule has 18 heavy (non-hydrogen) atoms. The van der Waals surface area contributed by atoms with Crippen molar-refractivity contribution in [2.45, 2.75) is 31.8 Å². The van der Waals surface area contributed by atoms with Gasteiger partial charge in [0.25, 0.3) is 5.91 Å². The first-order valence-corrected chi connectivity index (χ1v) is 6.38. The third-order valence-electron chi connectivity index (χ3n) is 3.03. The third-order valence-corrected chi connectivity index (χ3v) is 3.26. The van der Waals surface area contributed by atoms with Gasteiger partial charge in [-0.15, -0.1) is 0 Å². The zero-order valence-corrected chi connectivity index (χ0v) is 11.0. The quantitative estimate of drug-likeness (QED) is 0.855. The smallest absolute Gasteiger partial charge is 0.278 e. The van der Waals surface area contributed by atoms with Crippen LogP contribution < -0.4 is 10.2 Å². The molecule has 1 fully saturated rings. The first kappa shape index (κ1) is 13.2. The van der Waals surface area contributed by atoms with E-state index in [2.05, 4.69) is 5.48 Å². The number of halogens is 1. The Kier molecular flexibility index (Phi) is 4.44. The average molecular weight is 270 g/mol. The molecule has 4 nitrogen and oxygen atoms in total. The summed E-state index contributed by atoms with van der Waals surface area (Å²) < 4.78 is 5.12. The molecule has 0 aliphatic heterocycles.